The smallest absolute Gasteiger partial charge is 0.504 e. The van der Waals surface area contributed by atoms with E-state index in [1.807, 2.05) is 0 Å². The first kappa shape index (κ1) is 10.4. The standard InChI is InChI=1S/C10H9NO5/c1-10(16-9(14)15)4-5-2-7(12)8(13)3-6(5)11-10/h2-3,13H,4H2,1H3,(H,14,15). The van der Waals surface area contributed by atoms with Crippen molar-refractivity contribution in [2.75, 3.05) is 0 Å². The van der Waals surface area contributed by atoms with E-state index in [2.05, 4.69) is 9.73 Å². The molecule has 1 unspecified atom stereocenters. The molecular formula is C10H9NO5. The molecule has 84 valence electrons. The van der Waals surface area contributed by atoms with Crippen LogP contribution in [0, 0.1) is 0 Å². The second kappa shape index (κ2) is 3.19. The summed E-state index contributed by atoms with van der Waals surface area (Å²) in [6, 6.07) is 0. The Hall–Kier alpha value is -2.11. The van der Waals surface area contributed by atoms with Gasteiger partial charge in [0.25, 0.3) is 0 Å². The van der Waals surface area contributed by atoms with Gasteiger partial charge in [0.15, 0.2) is 5.76 Å². The number of carbonyl (C=O) groups excluding carboxylic acids is 1. The molecule has 0 saturated carbocycles. The Morgan fingerprint density at radius 1 is 1.56 bits per heavy atom. The van der Waals surface area contributed by atoms with Gasteiger partial charge in [0.2, 0.25) is 11.5 Å². The van der Waals surface area contributed by atoms with Crippen molar-refractivity contribution in [3.63, 3.8) is 0 Å². The quantitative estimate of drug-likeness (QED) is 0.514. The zero-order valence-corrected chi connectivity index (χ0v) is 8.43. The van der Waals surface area contributed by atoms with Crippen molar-refractivity contribution in [3.8, 4) is 0 Å². The van der Waals surface area contributed by atoms with Crippen LogP contribution >= 0.6 is 0 Å². The molecule has 1 atom stereocenters. The summed E-state index contributed by atoms with van der Waals surface area (Å²) in [6.45, 7) is 1.50. The maximum atomic E-state index is 11.2. The number of nitrogens with zero attached hydrogens (tertiary/aromatic N) is 1. The van der Waals surface area contributed by atoms with Gasteiger partial charge in [-0.2, -0.15) is 0 Å². The maximum Gasteiger partial charge on any atom is 0.507 e. The molecule has 0 aromatic carbocycles. The van der Waals surface area contributed by atoms with E-state index in [0.717, 1.165) is 0 Å². The first-order valence-corrected chi connectivity index (χ1v) is 4.57. The topological polar surface area (TPSA) is 96.2 Å². The number of aliphatic hydroxyl groups excluding tert-OH is 1. The van der Waals surface area contributed by atoms with Gasteiger partial charge in [0.05, 0.1) is 5.71 Å². The zero-order valence-electron chi connectivity index (χ0n) is 8.43. The van der Waals surface area contributed by atoms with E-state index < -0.39 is 23.4 Å². The Labute approximate surface area is 90.6 Å². The van der Waals surface area contributed by atoms with Gasteiger partial charge in [-0.1, -0.05) is 0 Å². The third-order valence-electron chi connectivity index (χ3n) is 2.34. The summed E-state index contributed by atoms with van der Waals surface area (Å²) >= 11 is 0. The molecule has 0 aromatic rings. The van der Waals surface area contributed by atoms with Crippen molar-refractivity contribution < 1.29 is 24.5 Å². The lowest BCUT2D eigenvalue weighted by Crippen LogP contribution is -2.26. The van der Waals surface area contributed by atoms with Crippen LogP contribution in [0.2, 0.25) is 0 Å². The molecule has 0 amide bonds. The molecule has 1 aliphatic carbocycles. The van der Waals surface area contributed by atoms with E-state index in [-0.39, 0.29) is 6.42 Å². The minimum atomic E-state index is -1.43. The van der Waals surface area contributed by atoms with Crippen molar-refractivity contribution in [3.05, 3.63) is 23.5 Å². The maximum absolute atomic E-state index is 11.2. The van der Waals surface area contributed by atoms with Crippen molar-refractivity contribution in [2.24, 2.45) is 4.99 Å². The molecule has 6 nitrogen and oxygen atoms in total. The van der Waals surface area contributed by atoms with Crippen molar-refractivity contribution in [1.29, 1.82) is 0 Å². The Morgan fingerprint density at radius 2 is 2.25 bits per heavy atom. The Bertz CT molecular complexity index is 474. The highest BCUT2D eigenvalue weighted by Crippen LogP contribution is 2.33. The zero-order chi connectivity index (χ0) is 11.9. The Kier molecular flexibility index (Phi) is 2.08. The van der Waals surface area contributed by atoms with E-state index in [9.17, 15) is 14.7 Å². The molecule has 0 aromatic heterocycles. The van der Waals surface area contributed by atoms with Gasteiger partial charge in [-0.25, -0.2) is 9.79 Å². The summed E-state index contributed by atoms with van der Waals surface area (Å²) < 4.78 is 4.63. The average Bonchev–Trinajstić information content (AvgIpc) is 2.40. The summed E-state index contributed by atoms with van der Waals surface area (Å²) in [5.41, 5.74) is -0.249. The number of hydrogen-bond acceptors (Lipinski definition) is 5. The predicted molar refractivity (Wildman–Crippen MR) is 53.4 cm³/mol. The average molecular weight is 223 g/mol. The second-order valence-corrected chi connectivity index (χ2v) is 3.78. The van der Waals surface area contributed by atoms with E-state index >= 15 is 0 Å². The van der Waals surface area contributed by atoms with Crippen LogP contribution in [-0.4, -0.2) is 33.6 Å². The van der Waals surface area contributed by atoms with Crippen molar-refractivity contribution in [1.82, 2.24) is 0 Å². The van der Waals surface area contributed by atoms with E-state index in [4.69, 9.17) is 5.11 Å². The number of aliphatic hydroxyl groups is 1. The molecule has 2 rings (SSSR count). The van der Waals surface area contributed by atoms with Gasteiger partial charge in [-0.15, -0.1) is 0 Å². The van der Waals surface area contributed by atoms with Gasteiger partial charge >= 0.3 is 6.16 Å². The number of fused-ring (bicyclic) bond motifs is 1. The summed E-state index contributed by atoms with van der Waals surface area (Å²) in [5, 5.41) is 17.7. The molecule has 16 heavy (non-hydrogen) atoms. The number of aliphatic imine (C=N–C) groups is 1. The van der Waals surface area contributed by atoms with Crippen LogP contribution in [0.15, 0.2) is 28.5 Å². The summed E-state index contributed by atoms with van der Waals surface area (Å²) in [4.78, 5) is 25.6. The molecule has 2 aliphatic rings. The van der Waals surface area contributed by atoms with Crippen molar-refractivity contribution in [2.45, 2.75) is 19.1 Å². The Morgan fingerprint density at radius 3 is 2.88 bits per heavy atom. The number of carboxylic acid groups (broad SMARTS) is 1. The highest BCUT2D eigenvalue weighted by atomic mass is 16.7. The number of rotatable bonds is 1. The van der Waals surface area contributed by atoms with Gasteiger partial charge in [-0.05, 0) is 18.6 Å². The first-order valence-electron chi connectivity index (χ1n) is 4.57. The van der Waals surface area contributed by atoms with Crippen LogP contribution in [0.4, 0.5) is 4.79 Å². The van der Waals surface area contributed by atoms with Crippen molar-refractivity contribution >= 4 is 17.7 Å². The van der Waals surface area contributed by atoms with Gasteiger partial charge < -0.3 is 14.9 Å². The van der Waals surface area contributed by atoms with Crippen LogP contribution in [0.3, 0.4) is 0 Å². The monoisotopic (exact) mass is 223 g/mol. The van der Waals surface area contributed by atoms with Crippen LogP contribution in [0.25, 0.3) is 0 Å². The SMILES string of the molecule is CC1(OC(=O)O)CC2=CC(=O)C(O)=CC2=N1. The fraction of sp³-hybridized carbons (Fsp3) is 0.300. The minimum Gasteiger partial charge on any atom is -0.504 e. The predicted octanol–water partition coefficient (Wildman–Crippen LogP) is 1.19. The molecule has 1 heterocycles. The van der Waals surface area contributed by atoms with E-state index in [1.165, 1.54) is 19.1 Å². The number of hydrogen-bond donors (Lipinski definition) is 2. The van der Waals surface area contributed by atoms with Crippen LogP contribution in [0.5, 0.6) is 0 Å². The summed E-state index contributed by atoms with van der Waals surface area (Å²) in [6.07, 6.45) is 1.23. The van der Waals surface area contributed by atoms with Crippen LogP contribution in [0.1, 0.15) is 13.3 Å². The Balaban J connectivity index is 2.33. The normalized spacial score (nSPS) is 27.8. The molecule has 0 radical (unpaired) electrons. The third kappa shape index (κ3) is 1.69. The lowest BCUT2D eigenvalue weighted by Gasteiger charge is -2.18. The number of allylic oxidation sites excluding steroid dienone is 2. The second-order valence-electron chi connectivity index (χ2n) is 3.78. The molecule has 0 saturated heterocycles. The molecule has 0 spiro atoms. The van der Waals surface area contributed by atoms with Crippen LogP contribution in [-0.2, 0) is 9.53 Å². The molecule has 2 N–H and O–H groups in total. The van der Waals surface area contributed by atoms with Gasteiger partial charge in [0.1, 0.15) is 0 Å². The molecule has 0 bridgehead atoms. The number of ketones is 1. The number of ether oxygens (including phenoxy) is 1. The van der Waals surface area contributed by atoms with Crippen LogP contribution < -0.4 is 0 Å². The van der Waals surface area contributed by atoms with Gasteiger partial charge in [0, 0.05) is 12.5 Å². The highest BCUT2D eigenvalue weighted by molar-refractivity contribution is 6.22. The summed E-state index contributed by atoms with van der Waals surface area (Å²) in [5.74, 6) is -0.907. The summed E-state index contributed by atoms with van der Waals surface area (Å²) in [7, 11) is 0. The van der Waals surface area contributed by atoms with E-state index in [0.29, 0.717) is 11.3 Å². The fourth-order valence-electron chi connectivity index (χ4n) is 1.74. The third-order valence-corrected chi connectivity index (χ3v) is 2.34. The molecule has 1 aliphatic heterocycles. The van der Waals surface area contributed by atoms with Gasteiger partial charge in [-0.3, -0.25) is 4.79 Å². The molecule has 6 heteroatoms. The highest BCUT2D eigenvalue weighted by Gasteiger charge is 2.38. The largest absolute Gasteiger partial charge is 0.507 e. The lowest BCUT2D eigenvalue weighted by atomic mass is 9.99. The first-order chi connectivity index (χ1) is 7.39. The number of carbonyl (C=O) groups is 2. The van der Waals surface area contributed by atoms with E-state index in [1.54, 1.807) is 0 Å². The fourth-order valence-corrected chi connectivity index (χ4v) is 1.74. The lowest BCUT2D eigenvalue weighted by molar-refractivity contribution is -0.113. The molecular weight excluding hydrogens is 214 g/mol. The molecule has 0 fully saturated rings. The minimum absolute atomic E-state index is 0.199.